The number of amides is 1. The molecule has 0 spiro atoms. The van der Waals surface area contributed by atoms with E-state index in [0.717, 1.165) is 54.4 Å². The van der Waals surface area contributed by atoms with Crippen LogP contribution in [0.25, 0.3) is 0 Å². The molecular formula is C22H27ClN2O2. The Kier molecular flexibility index (Phi) is 6.75. The largest absolute Gasteiger partial charge is 0.484 e. The zero-order valence-electron chi connectivity index (χ0n) is 16.0. The van der Waals surface area contributed by atoms with Crippen LogP contribution < -0.4 is 10.1 Å². The Morgan fingerprint density at radius 2 is 1.74 bits per heavy atom. The van der Waals surface area contributed by atoms with Crippen molar-refractivity contribution in [3.63, 3.8) is 0 Å². The number of rotatable bonds is 6. The van der Waals surface area contributed by atoms with Crippen LogP contribution in [0.2, 0.25) is 5.02 Å². The number of nitrogens with zero attached hydrogens (tertiary/aromatic N) is 1. The van der Waals surface area contributed by atoms with E-state index in [4.69, 9.17) is 16.3 Å². The Morgan fingerprint density at radius 1 is 1.11 bits per heavy atom. The van der Waals surface area contributed by atoms with E-state index in [0.29, 0.717) is 0 Å². The summed E-state index contributed by atoms with van der Waals surface area (Å²) < 4.78 is 5.65. The van der Waals surface area contributed by atoms with Gasteiger partial charge in [0.25, 0.3) is 5.91 Å². The Morgan fingerprint density at radius 3 is 2.37 bits per heavy atom. The topological polar surface area (TPSA) is 41.6 Å². The van der Waals surface area contributed by atoms with Crippen LogP contribution in [0, 0.1) is 13.8 Å². The first-order chi connectivity index (χ1) is 13.0. The molecule has 5 heteroatoms. The summed E-state index contributed by atoms with van der Waals surface area (Å²) in [4.78, 5) is 14.6. The standard InChI is InChI=1S/C22H27ClN2O2/c1-16-11-17(2)13-21(12-16)27-15-22(26)24-20-7-9-25(10-8-20)14-18-3-5-19(23)6-4-18/h3-6,11-13,20H,7-10,14-15H2,1-2H3,(H,24,26). The number of benzene rings is 2. The van der Waals surface area contributed by atoms with Crippen molar-refractivity contribution < 1.29 is 9.53 Å². The molecular weight excluding hydrogens is 360 g/mol. The van der Waals surface area contributed by atoms with Crippen molar-refractivity contribution in [2.24, 2.45) is 0 Å². The van der Waals surface area contributed by atoms with Gasteiger partial charge in [0.15, 0.2) is 6.61 Å². The smallest absolute Gasteiger partial charge is 0.258 e. The van der Waals surface area contributed by atoms with Crippen LogP contribution in [-0.2, 0) is 11.3 Å². The van der Waals surface area contributed by atoms with E-state index in [2.05, 4.69) is 28.4 Å². The number of carbonyl (C=O) groups excluding carboxylic acids is 1. The second-order valence-corrected chi connectivity index (χ2v) is 7.79. The van der Waals surface area contributed by atoms with Crippen LogP contribution in [0.5, 0.6) is 5.75 Å². The van der Waals surface area contributed by atoms with Crippen molar-refractivity contribution in [2.45, 2.75) is 39.3 Å². The number of piperidine rings is 1. The summed E-state index contributed by atoms with van der Waals surface area (Å²) in [5.74, 6) is 0.700. The molecule has 144 valence electrons. The third kappa shape index (κ3) is 6.26. The minimum absolute atomic E-state index is 0.0506. The van der Waals surface area contributed by atoms with E-state index >= 15 is 0 Å². The third-order valence-electron chi connectivity index (χ3n) is 4.84. The molecule has 2 aromatic rings. The lowest BCUT2D eigenvalue weighted by molar-refractivity contribution is -0.124. The summed E-state index contributed by atoms with van der Waals surface area (Å²) in [6, 6.07) is 14.2. The van der Waals surface area contributed by atoms with E-state index < -0.39 is 0 Å². The summed E-state index contributed by atoms with van der Waals surface area (Å²) in [5, 5.41) is 3.87. The minimum atomic E-state index is -0.0506. The number of ether oxygens (including phenoxy) is 1. The maximum absolute atomic E-state index is 12.2. The van der Waals surface area contributed by atoms with Gasteiger partial charge in [-0.15, -0.1) is 0 Å². The van der Waals surface area contributed by atoms with Crippen molar-refractivity contribution in [3.05, 3.63) is 64.2 Å². The van der Waals surface area contributed by atoms with Crippen LogP contribution in [0.15, 0.2) is 42.5 Å². The van der Waals surface area contributed by atoms with E-state index in [1.165, 1.54) is 5.56 Å². The fourth-order valence-corrected chi connectivity index (χ4v) is 3.64. The summed E-state index contributed by atoms with van der Waals surface area (Å²) in [6.45, 7) is 6.99. The predicted molar refractivity (Wildman–Crippen MR) is 109 cm³/mol. The molecule has 1 aliphatic heterocycles. The molecule has 0 radical (unpaired) electrons. The minimum Gasteiger partial charge on any atom is -0.484 e. The molecule has 1 N–H and O–H groups in total. The lowest BCUT2D eigenvalue weighted by atomic mass is 10.0. The maximum Gasteiger partial charge on any atom is 0.258 e. The first-order valence-corrected chi connectivity index (χ1v) is 9.83. The quantitative estimate of drug-likeness (QED) is 0.812. The van der Waals surface area contributed by atoms with Gasteiger partial charge >= 0.3 is 0 Å². The van der Waals surface area contributed by atoms with Crippen LogP contribution in [0.3, 0.4) is 0 Å². The summed E-state index contributed by atoms with van der Waals surface area (Å²) in [5.41, 5.74) is 3.54. The molecule has 0 aromatic heterocycles. The van der Waals surface area contributed by atoms with Crippen LogP contribution >= 0.6 is 11.6 Å². The highest BCUT2D eigenvalue weighted by Crippen LogP contribution is 2.17. The lowest BCUT2D eigenvalue weighted by Crippen LogP contribution is -2.45. The summed E-state index contributed by atoms with van der Waals surface area (Å²) >= 11 is 5.94. The molecule has 2 aromatic carbocycles. The molecule has 1 heterocycles. The highest BCUT2D eigenvalue weighted by molar-refractivity contribution is 6.30. The predicted octanol–water partition coefficient (Wildman–Crippen LogP) is 4.12. The fourth-order valence-electron chi connectivity index (χ4n) is 3.52. The Balaban J connectivity index is 1.39. The Bertz CT molecular complexity index is 748. The van der Waals surface area contributed by atoms with Gasteiger partial charge < -0.3 is 10.1 Å². The number of likely N-dealkylation sites (tertiary alicyclic amines) is 1. The van der Waals surface area contributed by atoms with Crippen molar-refractivity contribution in [3.8, 4) is 5.75 Å². The lowest BCUT2D eigenvalue weighted by Gasteiger charge is -2.32. The van der Waals surface area contributed by atoms with Gasteiger partial charge in [-0.05, 0) is 67.6 Å². The molecule has 0 saturated carbocycles. The molecule has 3 rings (SSSR count). The zero-order valence-corrected chi connectivity index (χ0v) is 16.8. The van der Waals surface area contributed by atoms with Gasteiger partial charge in [-0.2, -0.15) is 0 Å². The van der Waals surface area contributed by atoms with Gasteiger partial charge in [-0.25, -0.2) is 0 Å². The number of hydrogen-bond acceptors (Lipinski definition) is 3. The van der Waals surface area contributed by atoms with Gasteiger partial charge in [0, 0.05) is 30.7 Å². The average molecular weight is 387 g/mol. The zero-order chi connectivity index (χ0) is 19.2. The van der Waals surface area contributed by atoms with Crippen molar-refractivity contribution >= 4 is 17.5 Å². The number of carbonyl (C=O) groups is 1. The fraction of sp³-hybridized carbons (Fsp3) is 0.409. The molecule has 1 fully saturated rings. The van der Waals surface area contributed by atoms with E-state index in [-0.39, 0.29) is 18.6 Å². The van der Waals surface area contributed by atoms with E-state index in [9.17, 15) is 4.79 Å². The van der Waals surface area contributed by atoms with Gasteiger partial charge in [-0.1, -0.05) is 29.8 Å². The van der Waals surface area contributed by atoms with Crippen molar-refractivity contribution in [1.82, 2.24) is 10.2 Å². The summed E-state index contributed by atoms with van der Waals surface area (Å²) in [6.07, 6.45) is 1.92. The number of hydrogen-bond donors (Lipinski definition) is 1. The first-order valence-electron chi connectivity index (χ1n) is 9.45. The van der Waals surface area contributed by atoms with Crippen molar-refractivity contribution in [1.29, 1.82) is 0 Å². The van der Waals surface area contributed by atoms with Crippen LogP contribution in [0.4, 0.5) is 0 Å². The monoisotopic (exact) mass is 386 g/mol. The van der Waals surface area contributed by atoms with E-state index in [1.807, 2.05) is 38.1 Å². The second kappa shape index (κ2) is 9.25. The molecule has 0 bridgehead atoms. The van der Waals surface area contributed by atoms with Gasteiger partial charge in [0.05, 0.1) is 0 Å². The van der Waals surface area contributed by atoms with Gasteiger partial charge in [0.1, 0.15) is 5.75 Å². The van der Waals surface area contributed by atoms with Gasteiger partial charge in [0.2, 0.25) is 0 Å². The average Bonchev–Trinajstić information content (AvgIpc) is 2.63. The second-order valence-electron chi connectivity index (χ2n) is 7.36. The molecule has 1 saturated heterocycles. The van der Waals surface area contributed by atoms with E-state index in [1.54, 1.807) is 0 Å². The maximum atomic E-state index is 12.2. The highest BCUT2D eigenvalue weighted by Gasteiger charge is 2.20. The molecule has 1 amide bonds. The third-order valence-corrected chi connectivity index (χ3v) is 5.09. The first kappa shape index (κ1) is 19.7. The molecule has 0 aliphatic carbocycles. The number of halogens is 1. The van der Waals surface area contributed by atoms with Gasteiger partial charge in [-0.3, -0.25) is 9.69 Å². The number of nitrogens with one attached hydrogen (secondary N) is 1. The molecule has 1 aliphatic rings. The summed E-state index contributed by atoms with van der Waals surface area (Å²) in [7, 11) is 0. The molecule has 27 heavy (non-hydrogen) atoms. The Hall–Kier alpha value is -2.04. The number of aryl methyl sites for hydroxylation is 2. The highest BCUT2D eigenvalue weighted by atomic mass is 35.5. The van der Waals surface area contributed by atoms with Crippen LogP contribution in [0.1, 0.15) is 29.5 Å². The normalized spacial score (nSPS) is 15.5. The SMILES string of the molecule is Cc1cc(C)cc(OCC(=O)NC2CCN(Cc3ccc(Cl)cc3)CC2)c1. The van der Waals surface area contributed by atoms with Crippen molar-refractivity contribution in [2.75, 3.05) is 19.7 Å². The molecule has 4 nitrogen and oxygen atoms in total. The Labute approximate surface area is 166 Å². The molecule has 0 unspecified atom stereocenters. The molecule has 0 atom stereocenters. The van der Waals surface area contributed by atoms with Crippen LogP contribution in [-0.4, -0.2) is 36.5 Å².